The number of fused-ring (bicyclic) bond motifs is 1. The van der Waals surface area contributed by atoms with Crippen LogP contribution in [0.4, 0.5) is 0 Å². The van der Waals surface area contributed by atoms with Crippen LogP contribution in [0.5, 0.6) is 0 Å². The molecule has 0 saturated carbocycles. The van der Waals surface area contributed by atoms with Gasteiger partial charge in [-0.3, -0.25) is 5.56 Å². The fraction of sp³-hybridized carbons (Fsp3) is 0.154. The van der Waals surface area contributed by atoms with E-state index in [0.29, 0.717) is 0 Å². The van der Waals surface area contributed by atoms with Gasteiger partial charge in [0.15, 0.2) is 0 Å². The van der Waals surface area contributed by atoms with E-state index >= 15 is 0 Å². The number of para-hydroxylation sites is 1. The van der Waals surface area contributed by atoms with E-state index in [9.17, 15) is 0 Å². The van der Waals surface area contributed by atoms with Gasteiger partial charge in [-0.1, -0.05) is 24.3 Å². The zero-order chi connectivity index (χ0) is 9.97. The van der Waals surface area contributed by atoms with E-state index in [1.54, 1.807) is 0 Å². The predicted molar refractivity (Wildman–Crippen MR) is 58.6 cm³/mol. The summed E-state index contributed by atoms with van der Waals surface area (Å²) in [6, 6.07) is 10.1. The summed E-state index contributed by atoms with van der Waals surface area (Å²) < 4.78 is 0. The van der Waals surface area contributed by atoms with Crippen molar-refractivity contribution in [1.82, 2.24) is 4.98 Å². The van der Waals surface area contributed by atoms with Crippen molar-refractivity contribution < 1.29 is 32.7 Å². The Morgan fingerprint density at radius 3 is 2.80 bits per heavy atom. The minimum Gasteiger partial charge on any atom is -0.372 e. The zero-order valence-electron chi connectivity index (χ0n) is 8.91. The molecule has 0 amide bonds. The molecule has 0 atom stereocenters. The third kappa shape index (κ3) is 2.73. The van der Waals surface area contributed by atoms with Gasteiger partial charge in [-0.2, -0.15) is 0 Å². The average Bonchev–Trinajstić information content (AvgIpc) is 2.27. The largest absolute Gasteiger partial charge is 0.372 e. The number of benzene rings is 1. The first-order valence-corrected chi connectivity index (χ1v) is 4.60. The molecule has 2 aromatic rings. The Morgan fingerprint density at radius 2 is 2.07 bits per heavy atom. The summed E-state index contributed by atoms with van der Waals surface area (Å²) in [5.74, 6) is 0. The van der Waals surface area contributed by atoms with Gasteiger partial charge in [0, 0.05) is 32.7 Å². The Bertz CT molecular complexity index is 489. The number of pyridine rings is 1. The number of allylic oxidation sites excluding steroid dienone is 2. The number of rotatable bonds is 1. The minimum atomic E-state index is 0. The van der Waals surface area contributed by atoms with Crippen LogP contribution in [-0.2, 0) is 32.7 Å². The molecule has 0 aliphatic carbocycles. The van der Waals surface area contributed by atoms with E-state index in [4.69, 9.17) is 0 Å². The maximum absolute atomic E-state index is 4.26. The molecular weight excluding hydrogens is 259 g/mol. The SMILES string of the molecule is C[C-]=C(C)c1[c-]nc2ccccc2c1.[Y]. The molecule has 1 radical (unpaired) electrons. The summed E-state index contributed by atoms with van der Waals surface area (Å²) >= 11 is 0. The van der Waals surface area contributed by atoms with Crippen LogP contribution < -0.4 is 0 Å². The van der Waals surface area contributed by atoms with Gasteiger partial charge in [0.25, 0.3) is 0 Å². The van der Waals surface area contributed by atoms with E-state index in [1.165, 1.54) is 0 Å². The summed E-state index contributed by atoms with van der Waals surface area (Å²) in [6.07, 6.45) is 6.10. The van der Waals surface area contributed by atoms with Gasteiger partial charge in [-0.25, -0.2) is 6.07 Å². The molecule has 0 saturated heterocycles. The monoisotopic (exact) mass is 270 g/mol. The second kappa shape index (κ2) is 5.53. The van der Waals surface area contributed by atoms with Gasteiger partial charge in [-0.15, -0.1) is 25.4 Å². The molecule has 0 fully saturated rings. The van der Waals surface area contributed by atoms with Gasteiger partial charge < -0.3 is 16.6 Å². The fourth-order valence-electron chi connectivity index (χ4n) is 1.35. The predicted octanol–water partition coefficient (Wildman–Crippen LogP) is 3.26. The molecule has 0 spiro atoms. The molecule has 1 aromatic carbocycles. The summed E-state index contributed by atoms with van der Waals surface area (Å²) in [6.45, 7) is 3.92. The van der Waals surface area contributed by atoms with Crippen LogP contribution in [0.15, 0.2) is 30.3 Å². The molecule has 73 valence electrons. The smallest absolute Gasteiger partial charge is 0 e. The van der Waals surface area contributed by atoms with Crippen LogP contribution in [0.3, 0.4) is 0 Å². The van der Waals surface area contributed by atoms with Crippen molar-refractivity contribution in [2.45, 2.75) is 13.8 Å². The first-order valence-electron chi connectivity index (χ1n) is 4.60. The van der Waals surface area contributed by atoms with Gasteiger partial charge in [0.1, 0.15) is 0 Å². The maximum Gasteiger partial charge on any atom is 0 e. The van der Waals surface area contributed by atoms with Gasteiger partial charge in [0.2, 0.25) is 0 Å². The number of nitrogens with zero attached hydrogens (tertiary/aromatic N) is 1. The van der Waals surface area contributed by atoms with Crippen molar-refractivity contribution in [2.75, 3.05) is 0 Å². The number of aromatic nitrogens is 1. The first-order chi connectivity index (χ1) is 6.81. The molecule has 1 nitrogen and oxygen atoms in total. The van der Waals surface area contributed by atoms with Gasteiger partial charge in [0.05, 0.1) is 0 Å². The quantitative estimate of drug-likeness (QED) is 0.725. The fourth-order valence-corrected chi connectivity index (χ4v) is 1.35. The van der Waals surface area contributed by atoms with E-state index in [0.717, 1.165) is 22.0 Å². The second-order valence-corrected chi connectivity index (χ2v) is 3.22. The molecule has 0 bridgehead atoms. The maximum atomic E-state index is 4.26. The molecular formula is C13H11NY-2. The van der Waals surface area contributed by atoms with Crippen molar-refractivity contribution in [3.05, 3.63) is 48.2 Å². The van der Waals surface area contributed by atoms with E-state index in [1.807, 2.05) is 32.0 Å². The van der Waals surface area contributed by atoms with Crippen molar-refractivity contribution >= 4 is 16.5 Å². The summed E-state index contributed by atoms with van der Waals surface area (Å²) in [5.41, 5.74) is 3.09. The van der Waals surface area contributed by atoms with Crippen molar-refractivity contribution in [1.29, 1.82) is 0 Å². The van der Waals surface area contributed by atoms with Crippen molar-refractivity contribution in [3.63, 3.8) is 0 Å². The van der Waals surface area contributed by atoms with E-state index in [2.05, 4.69) is 29.4 Å². The molecule has 1 aromatic heterocycles. The Labute approximate surface area is 115 Å². The summed E-state index contributed by atoms with van der Waals surface area (Å²) in [4.78, 5) is 4.26. The van der Waals surface area contributed by atoms with Crippen LogP contribution in [0, 0.1) is 12.3 Å². The molecule has 2 heteroatoms. The molecule has 0 aliphatic heterocycles. The Kier molecular flexibility index (Phi) is 4.62. The van der Waals surface area contributed by atoms with E-state index < -0.39 is 0 Å². The third-order valence-electron chi connectivity index (χ3n) is 2.31. The molecule has 0 unspecified atom stereocenters. The normalized spacial score (nSPS) is 11.2. The van der Waals surface area contributed by atoms with E-state index in [-0.39, 0.29) is 32.7 Å². The van der Waals surface area contributed by atoms with Crippen LogP contribution in [0.2, 0.25) is 0 Å². The average molecular weight is 270 g/mol. The second-order valence-electron chi connectivity index (χ2n) is 3.22. The molecule has 0 aliphatic rings. The Hall–Kier alpha value is -0.526. The standard InChI is InChI=1S/C13H11N.Y/c1-3-10(2)12-8-11-6-4-5-7-13(11)14-9-12;/h4-8H,1-2H3;/q-2;. The van der Waals surface area contributed by atoms with Crippen LogP contribution >= 0.6 is 0 Å². The number of hydrogen-bond acceptors (Lipinski definition) is 1. The Morgan fingerprint density at radius 1 is 1.33 bits per heavy atom. The first kappa shape index (κ1) is 12.5. The third-order valence-corrected chi connectivity index (χ3v) is 2.31. The van der Waals surface area contributed by atoms with Gasteiger partial charge >= 0.3 is 0 Å². The van der Waals surface area contributed by atoms with Crippen LogP contribution in [0.1, 0.15) is 19.4 Å². The van der Waals surface area contributed by atoms with Crippen LogP contribution in [0.25, 0.3) is 16.5 Å². The Balaban J connectivity index is 0.00000112. The van der Waals surface area contributed by atoms with Crippen LogP contribution in [-0.4, -0.2) is 4.98 Å². The molecule has 1 heterocycles. The topological polar surface area (TPSA) is 12.9 Å². The van der Waals surface area contributed by atoms with Gasteiger partial charge in [-0.05, 0) is 5.52 Å². The van der Waals surface area contributed by atoms with Crippen molar-refractivity contribution in [2.24, 2.45) is 0 Å². The number of hydrogen-bond donors (Lipinski definition) is 0. The summed E-state index contributed by atoms with van der Waals surface area (Å²) in [7, 11) is 0. The molecule has 2 rings (SSSR count). The zero-order valence-corrected chi connectivity index (χ0v) is 11.7. The molecule has 15 heavy (non-hydrogen) atoms. The molecule has 0 N–H and O–H groups in total. The summed E-state index contributed by atoms with van der Waals surface area (Å²) in [5, 5.41) is 1.15. The van der Waals surface area contributed by atoms with Crippen molar-refractivity contribution in [3.8, 4) is 0 Å². The minimum absolute atomic E-state index is 0.